The van der Waals surface area contributed by atoms with Gasteiger partial charge in [0.15, 0.2) is 0 Å². The number of nitrogens with zero attached hydrogens (tertiary/aromatic N) is 2. The smallest absolute Gasteiger partial charge is 0.0371 e. The van der Waals surface area contributed by atoms with Gasteiger partial charge in [-0.1, -0.05) is 33.6 Å². The van der Waals surface area contributed by atoms with Gasteiger partial charge in [-0.2, -0.15) is 0 Å². The first-order valence-electron chi connectivity index (χ1n) is 6.55. The maximum absolute atomic E-state index is 3.51. The summed E-state index contributed by atoms with van der Waals surface area (Å²) in [5.41, 5.74) is 0. The molecule has 1 aliphatic heterocycles. The van der Waals surface area contributed by atoms with Crippen LogP contribution < -0.4 is 5.32 Å². The predicted octanol–water partition coefficient (Wildman–Crippen LogP) is 1.71. The second-order valence-corrected chi connectivity index (χ2v) is 4.30. The summed E-state index contributed by atoms with van der Waals surface area (Å²) in [5, 5.41) is 8.59. The number of unbranched alkanes of at least 4 members (excludes halogenated alkanes) is 1. The number of hydrogen-bond donors (Lipinski definition) is 1. The van der Waals surface area contributed by atoms with Crippen molar-refractivity contribution in [2.75, 3.05) is 32.7 Å². The van der Waals surface area contributed by atoms with Crippen LogP contribution in [0.15, 0.2) is 0 Å². The summed E-state index contributed by atoms with van der Waals surface area (Å²) in [6.07, 6.45) is 3.99. The van der Waals surface area contributed by atoms with E-state index in [-0.39, 0.29) is 0 Å². The lowest BCUT2D eigenvalue weighted by Crippen LogP contribution is -2.58. The normalized spacial score (nSPS) is 23.6. The van der Waals surface area contributed by atoms with E-state index in [1.54, 1.807) is 0 Å². The molecule has 1 atom stereocenters. The minimum Gasteiger partial charge on any atom is -0.314 e. The molecule has 0 spiro atoms. The lowest BCUT2D eigenvalue weighted by atomic mass is 10.1. The van der Waals surface area contributed by atoms with Crippen LogP contribution in [0.4, 0.5) is 0 Å². The predicted molar refractivity (Wildman–Crippen MR) is 65.8 cm³/mol. The lowest BCUT2D eigenvalue weighted by Gasteiger charge is -2.43. The van der Waals surface area contributed by atoms with Crippen molar-refractivity contribution in [2.24, 2.45) is 0 Å². The highest BCUT2D eigenvalue weighted by Gasteiger charge is 2.24. The summed E-state index contributed by atoms with van der Waals surface area (Å²) < 4.78 is 0. The summed E-state index contributed by atoms with van der Waals surface area (Å²) in [4.78, 5) is 0. The van der Waals surface area contributed by atoms with Crippen LogP contribution in [0.2, 0.25) is 0 Å². The van der Waals surface area contributed by atoms with E-state index in [2.05, 4.69) is 36.1 Å². The summed E-state index contributed by atoms with van der Waals surface area (Å²) >= 11 is 0. The molecule has 1 heterocycles. The van der Waals surface area contributed by atoms with Gasteiger partial charge >= 0.3 is 0 Å². The zero-order valence-corrected chi connectivity index (χ0v) is 10.6. The molecule has 0 aromatic rings. The molecule has 0 aliphatic carbocycles. The van der Waals surface area contributed by atoms with Gasteiger partial charge in [0, 0.05) is 38.8 Å². The van der Waals surface area contributed by atoms with Gasteiger partial charge in [0.25, 0.3) is 0 Å². The van der Waals surface area contributed by atoms with Crippen LogP contribution in [0, 0.1) is 0 Å². The Hall–Kier alpha value is -0.120. The van der Waals surface area contributed by atoms with Crippen molar-refractivity contribution in [3.05, 3.63) is 0 Å². The highest BCUT2D eigenvalue weighted by Crippen LogP contribution is 2.13. The maximum atomic E-state index is 3.51. The Balaban J connectivity index is 2.48. The molecule has 0 saturated carbocycles. The molecule has 1 unspecified atom stereocenters. The summed E-state index contributed by atoms with van der Waals surface area (Å²) in [6.45, 7) is 12.5. The Morgan fingerprint density at radius 3 is 2.60 bits per heavy atom. The average Bonchev–Trinajstić information content (AvgIpc) is 2.29. The Morgan fingerprint density at radius 2 is 2.00 bits per heavy atom. The molecule has 0 amide bonds. The molecular formula is C12H27N3. The number of nitrogens with one attached hydrogen (secondary N) is 1. The van der Waals surface area contributed by atoms with Gasteiger partial charge in [-0.3, -0.25) is 0 Å². The largest absolute Gasteiger partial charge is 0.314 e. The fourth-order valence-corrected chi connectivity index (χ4v) is 2.40. The van der Waals surface area contributed by atoms with E-state index in [1.807, 2.05) is 0 Å². The van der Waals surface area contributed by atoms with Gasteiger partial charge < -0.3 is 5.32 Å². The van der Waals surface area contributed by atoms with Crippen LogP contribution in [0.5, 0.6) is 0 Å². The van der Waals surface area contributed by atoms with Crippen molar-refractivity contribution in [2.45, 2.75) is 46.1 Å². The Morgan fingerprint density at radius 1 is 1.27 bits per heavy atom. The fraction of sp³-hybridized carbons (Fsp3) is 1.00. The second kappa shape index (κ2) is 7.20. The van der Waals surface area contributed by atoms with Gasteiger partial charge in [0.05, 0.1) is 0 Å². The van der Waals surface area contributed by atoms with Crippen molar-refractivity contribution < 1.29 is 0 Å². The van der Waals surface area contributed by atoms with Crippen LogP contribution >= 0.6 is 0 Å². The third kappa shape index (κ3) is 3.74. The molecule has 0 radical (unpaired) electrons. The summed E-state index contributed by atoms with van der Waals surface area (Å²) in [7, 11) is 0. The number of hydrogen-bond acceptors (Lipinski definition) is 3. The SMILES string of the molecule is CCCCC1CNCCN1N(CC)CC. The first-order chi connectivity index (χ1) is 7.33. The fourth-order valence-electron chi connectivity index (χ4n) is 2.40. The number of rotatable bonds is 6. The third-order valence-corrected chi connectivity index (χ3v) is 3.30. The highest BCUT2D eigenvalue weighted by atomic mass is 15.6. The zero-order chi connectivity index (χ0) is 11.1. The number of piperazine rings is 1. The monoisotopic (exact) mass is 213 g/mol. The minimum atomic E-state index is 0.721. The topological polar surface area (TPSA) is 18.5 Å². The molecule has 3 nitrogen and oxygen atoms in total. The van der Waals surface area contributed by atoms with E-state index < -0.39 is 0 Å². The van der Waals surface area contributed by atoms with Crippen molar-refractivity contribution >= 4 is 0 Å². The first kappa shape index (κ1) is 12.9. The molecule has 1 N–H and O–H groups in total. The van der Waals surface area contributed by atoms with Crippen LogP contribution in [-0.4, -0.2) is 48.8 Å². The number of hydrazine groups is 1. The molecule has 15 heavy (non-hydrogen) atoms. The maximum Gasteiger partial charge on any atom is 0.0371 e. The lowest BCUT2D eigenvalue weighted by molar-refractivity contribution is -0.0677. The average molecular weight is 213 g/mol. The summed E-state index contributed by atoms with van der Waals surface area (Å²) in [5.74, 6) is 0. The first-order valence-corrected chi connectivity index (χ1v) is 6.55. The second-order valence-electron chi connectivity index (χ2n) is 4.30. The molecule has 1 aliphatic rings. The van der Waals surface area contributed by atoms with E-state index in [1.165, 1.54) is 25.8 Å². The molecule has 1 saturated heterocycles. The van der Waals surface area contributed by atoms with Gasteiger partial charge in [0.1, 0.15) is 0 Å². The standard InChI is InChI=1S/C12H27N3/c1-4-7-8-12-11-13-9-10-15(12)14(5-2)6-3/h12-13H,4-11H2,1-3H3. The van der Waals surface area contributed by atoms with E-state index in [9.17, 15) is 0 Å². The van der Waals surface area contributed by atoms with Gasteiger partial charge in [-0.15, -0.1) is 0 Å². The molecule has 1 rings (SSSR count). The van der Waals surface area contributed by atoms with Gasteiger partial charge in [-0.25, -0.2) is 10.0 Å². The molecule has 1 fully saturated rings. The molecule has 0 bridgehead atoms. The van der Waals surface area contributed by atoms with E-state index in [0.717, 1.165) is 32.2 Å². The van der Waals surface area contributed by atoms with Gasteiger partial charge in [-0.05, 0) is 6.42 Å². The molecule has 0 aromatic heterocycles. The highest BCUT2D eigenvalue weighted by molar-refractivity contribution is 4.78. The summed E-state index contributed by atoms with van der Waals surface area (Å²) in [6, 6.07) is 0.721. The van der Waals surface area contributed by atoms with Gasteiger partial charge in [0.2, 0.25) is 0 Å². The molecule has 0 aromatic carbocycles. The van der Waals surface area contributed by atoms with Crippen molar-refractivity contribution in [1.82, 2.24) is 15.3 Å². The molecular weight excluding hydrogens is 186 g/mol. The van der Waals surface area contributed by atoms with Crippen LogP contribution in [0.25, 0.3) is 0 Å². The van der Waals surface area contributed by atoms with E-state index >= 15 is 0 Å². The van der Waals surface area contributed by atoms with Crippen LogP contribution in [0.1, 0.15) is 40.0 Å². The van der Waals surface area contributed by atoms with Crippen molar-refractivity contribution in [1.29, 1.82) is 0 Å². The molecule has 3 heteroatoms. The Bertz CT molecular complexity index is 157. The van der Waals surface area contributed by atoms with Crippen molar-refractivity contribution in [3.8, 4) is 0 Å². The minimum absolute atomic E-state index is 0.721. The molecule has 90 valence electrons. The van der Waals surface area contributed by atoms with E-state index in [0.29, 0.717) is 0 Å². The quantitative estimate of drug-likeness (QED) is 0.724. The third-order valence-electron chi connectivity index (χ3n) is 3.30. The van der Waals surface area contributed by atoms with Crippen LogP contribution in [0.3, 0.4) is 0 Å². The van der Waals surface area contributed by atoms with Crippen molar-refractivity contribution in [3.63, 3.8) is 0 Å². The Labute approximate surface area is 94.8 Å². The van der Waals surface area contributed by atoms with E-state index in [4.69, 9.17) is 0 Å². The Kier molecular flexibility index (Phi) is 6.22. The van der Waals surface area contributed by atoms with Crippen LogP contribution in [-0.2, 0) is 0 Å². The zero-order valence-electron chi connectivity index (χ0n) is 10.6.